The molecule has 2 aliphatic carbocycles. The monoisotopic (exact) mass is 1220 g/mol. The molecule has 9 aromatic rings. The number of fused-ring (bicyclic) bond motifs is 3. The number of nitrogens with two attached hydrogens (primary N) is 2. The Morgan fingerprint density at radius 3 is 1.58 bits per heavy atom. The average Bonchev–Trinajstić information content (AvgIpc) is 1.71. The smallest absolute Gasteiger partial charge is 0.300 e. The first-order valence-electron chi connectivity index (χ1n) is 31.2. The summed E-state index contributed by atoms with van der Waals surface area (Å²) in [6.07, 6.45) is 12.2. The van der Waals surface area contributed by atoms with Crippen molar-refractivity contribution < 1.29 is 29.3 Å². The van der Waals surface area contributed by atoms with Gasteiger partial charge in [-0.3, -0.25) is 19.4 Å². The molecule has 1 unspecified atom stereocenters. The van der Waals surface area contributed by atoms with Gasteiger partial charge in [0, 0.05) is 101 Å². The van der Waals surface area contributed by atoms with Crippen LogP contribution in [-0.4, -0.2) is 183 Å². The number of piperazine rings is 2. The molecule has 8 heterocycles. The van der Waals surface area contributed by atoms with E-state index in [0.29, 0.717) is 36.4 Å². The van der Waals surface area contributed by atoms with Gasteiger partial charge in [-0.15, -0.1) is 0 Å². The van der Waals surface area contributed by atoms with E-state index in [4.69, 9.17) is 56.0 Å². The number of benzene rings is 4. The summed E-state index contributed by atoms with van der Waals surface area (Å²) in [6, 6.07) is 37.1. The van der Waals surface area contributed by atoms with Crippen molar-refractivity contribution in [2.75, 3.05) is 97.0 Å². The van der Waals surface area contributed by atoms with Gasteiger partial charge in [0.1, 0.15) is 53.8 Å². The Balaban J connectivity index is 0.000000166. The molecule has 23 nitrogen and oxygen atoms in total. The zero-order valence-corrected chi connectivity index (χ0v) is 52.3. The topological polar surface area (TPSA) is 275 Å². The largest absolute Gasteiger partial charge is 0.495 e. The SMILES string of the molecule is CC(=O)O.CC(=O)O.COc1cc(-c2nn(C3CCC(N4CCN(C)CC4)CC3)c3ncnc(N)c23)ccc1NC1COc2ccccc21.Cc1cc(-c2ccccc2)n(-c2ccc(-c3nn(C4CCC(N5CCN(C)CC5)CC4)c4ncnc(N)c34)cc2)n1. The number of carbonyl (C=O) groups is 2. The Hall–Kier alpha value is -9.03. The van der Waals surface area contributed by atoms with Gasteiger partial charge in [0.2, 0.25) is 0 Å². The van der Waals surface area contributed by atoms with Gasteiger partial charge in [0.05, 0.1) is 58.8 Å². The normalized spacial score (nSPS) is 20.5. The Bertz CT molecular complexity index is 3880. The quantitative estimate of drug-likeness (QED) is 0.0806. The summed E-state index contributed by atoms with van der Waals surface area (Å²) in [5.74, 6) is 0.909. The van der Waals surface area contributed by atoms with Crippen molar-refractivity contribution in [2.24, 2.45) is 0 Å². The maximum absolute atomic E-state index is 9.00. The predicted molar refractivity (Wildman–Crippen MR) is 350 cm³/mol. The van der Waals surface area contributed by atoms with E-state index in [1.54, 1.807) is 19.8 Å². The number of nitrogens with one attached hydrogen (secondary N) is 1. The molecule has 14 rings (SSSR count). The summed E-state index contributed by atoms with van der Waals surface area (Å²) in [6.45, 7) is 14.1. The fourth-order valence-corrected chi connectivity index (χ4v) is 13.3. The van der Waals surface area contributed by atoms with Gasteiger partial charge in [0.15, 0.2) is 11.3 Å². The third-order valence-corrected chi connectivity index (χ3v) is 18.0. The lowest BCUT2D eigenvalue weighted by atomic mass is 9.90. The molecule has 1 atom stereocenters. The second kappa shape index (κ2) is 28.2. The molecule has 0 bridgehead atoms. The van der Waals surface area contributed by atoms with E-state index in [2.05, 4.69) is 135 Å². The molecule has 23 heteroatoms. The molecule has 472 valence electrons. The van der Waals surface area contributed by atoms with E-state index in [1.807, 2.05) is 48.0 Å². The lowest BCUT2D eigenvalue weighted by Gasteiger charge is -2.41. The maximum Gasteiger partial charge on any atom is 0.300 e. The average molecular weight is 1220 g/mol. The number of carboxylic acid groups (broad SMARTS) is 2. The van der Waals surface area contributed by atoms with Crippen molar-refractivity contribution in [3.8, 4) is 51.0 Å². The predicted octanol–water partition coefficient (Wildman–Crippen LogP) is 9.51. The molecule has 3 aliphatic heterocycles. The molecule has 2 saturated carbocycles. The zero-order valence-electron chi connectivity index (χ0n) is 52.3. The first kappa shape index (κ1) is 62.6. The summed E-state index contributed by atoms with van der Waals surface area (Å²) in [4.78, 5) is 46.2. The van der Waals surface area contributed by atoms with E-state index in [1.165, 1.54) is 38.8 Å². The van der Waals surface area contributed by atoms with Gasteiger partial charge in [0.25, 0.3) is 11.9 Å². The second-order valence-electron chi connectivity index (χ2n) is 24.1. The van der Waals surface area contributed by atoms with Crippen LogP contribution >= 0.6 is 0 Å². The van der Waals surface area contributed by atoms with Crippen LogP contribution in [0.15, 0.2) is 116 Å². The number of hydrogen-bond acceptors (Lipinski definition) is 18. The van der Waals surface area contributed by atoms with E-state index < -0.39 is 11.9 Å². The zero-order chi connectivity index (χ0) is 63.0. The standard InChI is InChI=1S/C32H37N9.C31H38N8O2.2C2H4O2/c1-22-20-28(23-6-4-3-5-7-23)40(36-22)26-10-8-24(9-11-26)30-29-31(33)34-21-35-32(29)41(37-30)27-14-12-25(13-15-27)39-18-16-38(2)17-19-39;1-37-13-15-38(16-14-37)21-8-10-22(11-9-21)39-31-28(30(32)33-19-34-31)29(36-39)20-7-12-24(27(17-20)40-2)35-25-18-41-26-6-4-3-5-23(25)26;2*1-2(3)4/h3-11,20-21,25,27H,12-19H2,1-2H3,(H2,33,34,35);3-7,12,17,19,21-22,25,35H,8-11,13-16,18H2,1-2H3,(H2,32,33,34);2*1H3,(H,3,4). The van der Waals surface area contributed by atoms with Gasteiger partial charge in [-0.2, -0.15) is 15.3 Å². The minimum atomic E-state index is -0.833. The van der Waals surface area contributed by atoms with E-state index in [-0.39, 0.29) is 12.1 Å². The summed E-state index contributed by atoms with van der Waals surface area (Å²) < 4.78 is 17.9. The number of methoxy groups -OCH3 is 1. The second-order valence-corrected chi connectivity index (χ2v) is 24.1. The van der Waals surface area contributed by atoms with Crippen LogP contribution in [0.3, 0.4) is 0 Å². The van der Waals surface area contributed by atoms with E-state index in [9.17, 15) is 0 Å². The van der Waals surface area contributed by atoms with E-state index >= 15 is 0 Å². The fourth-order valence-electron chi connectivity index (χ4n) is 13.3. The molecule has 4 fully saturated rings. The van der Waals surface area contributed by atoms with Gasteiger partial charge >= 0.3 is 0 Å². The summed E-state index contributed by atoms with van der Waals surface area (Å²) in [5, 5.41) is 35.2. The third-order valence-electron chi connectivity index (χ3n) is 18.0. The number of hydrogen-bond donors (Lipinski definition) is 5. The maximum atomic E-state index is 9.00. The number of para-hydroxylation sites is 1. The molecule has 0 amide bonds. The minimum Gasteiger partial charge on any atom is -0.495 e. The van der Waals surface area contributed by atoms with Crippen LogP contribution in [0, 0.1) is 6.92 Å². The molecule has 4 aromatic carbocycles. The number of ether oxygens (including phenoxy) is 2. The number of aliphatic carboxylic acids is 2. The first-order valence-corrected chi connectivity index (χ1v) is 31.2. The Morgan fingerprint density at radius 1 is 0.578 bits per heavy atom. The van der Waals surface area contributed by atoms with Crippen molar-refractivity contribution in [3.05, 3.63) is 127 Å². The van der Waals surface area contributed by atoms with Crippen molar-refractivity contribution in [1.82, 2.24) is 68.9 Å². The van der Waals surface area contributed by atoms with Crippen LogP contribution in [-0.2, 0) is 9.59 Å². The number of aryl methyl sites for hydroxylation is 1. The summed E-state index contributed by atoms with van der Waals surface area (Å²) in [7, 11) is 6.12. The van der Waals surface area contributed by atoms with E-state index in [0.717, 1.165) is 169 Å². The first-order chi connectivity index (χ1) is 43.6. The highest BCUT2D eigenvalue weighted by molar-refractivity contribution is 5.99. The van der Waals surface area contributed by atoms with Crippen LogP contribution in [0.4, 0.5) is 17.3 Å². The number of nitrogens with zero attached hydrogens (tertiary/aromatic N) is 14. The van der Waals surface area contributed by atoms with Crippen molar-refractivity contribution >= 4 is 51.3 Å². The fraction of sp³-hybridized carbons (Fsp3) is 0.418. The third kappa shape index (κ3) is 14.2. The molecule has 5 aliphatic rings. The molecule has 2 saturated heterocycles. The highest BCUT2D eigenvalue weighted by Crippen LogP contribution is 2.42. The number of carboxylic acids is 2. The number of anilines is 3. The summed E-state index contributed by atoms with van der Waals surface area (Å²) >= 11 is 0. The summed E-state index contributed by atoms with van der Waals surface area (Å²) in [5.41, 5.74) is 24.3. The lowest BCUT2D eigenvalue weighted by Crippen LogP contribution is -2.49. The van der Waals surface area contributed by atoms with Gasteiger partial charge in [-0.05, 0) is 109 Å². The van der Waals surface area contributed by atoms with Gasteiger partial charge < -0.3 is 46.3 Å². The molecule has 0 spiro atoms. The van der Waals surface area contributed by atoms with Crippen molar-refractivity contribution in [3.63, 3.8) is 0 Å². The number of likely N-dealkylation sites (N-methyl/N-ethyl adjacent to an activating group) is 2. The number of aromatic nitrogens is 10. The highest BCUT2D eigenvalue weighted by atomic mass is 16.5. The van der Waals surface area contributed by atoms with Crippen LogP contribution in [0.1, 0.15) is 94.6 Å². The van der Waals surface area contributed by atoms with Gasteiger partial charge in [-0.1, -0.05) is 66.7 Å². The Kier molecular flexibility index (Phi) is 19.6. The minimum absolute atomic E-state index is 0.0519. The molecule has 0 radical (unpaired) electrons. The molecule has 7 N–H and O–H groups in total. The molecule has 90 heavy (non-hydrogen) atoms. The van der Waals surface area contributed by atoms with Crippen molar-refractivity contribution in [2.45, 2.75) is 102 Å². The number of nitrogen functional groups attached to an aromatic ring is 2. The molecule has 5 aromatic heterocycles. The Morgan fingerprint density at radius 2 is 1.06 bits per heavy atom. The highest BCUT2D eigenvalue weighted by Gasteiger charge is 2.33. The van der Waals surface area contributed by atoms with Crippen molar-refractivity contribution in [1.29, 1.82) is 0 Å². The Labute approximate surface area is 524 Å². The van der Waals surface area contributed by atoms with Crippen LogP contribution in [0.5, 0.6) is 11.5 Å². The van der Waals surface area contributed by atoms with Gasteiger partial charge in [-0.25, -0.2) is 34.0 Å². The van der Waals surface area contributed by atoms with Crippen LogP contribution < -0.4 is 26.3 Å². The van der Waals surface area contributed by atoms with Crippen LogP contribution in [0.2, 0.25) is 0 Å². The molecular formula is C67H83N17O6. The lowest BCUT2D eigenvalue weighted by molar-refractivity contribution is -0.135. The molecular weight excluding hydrogens is 1140 g/mol. The van der Waals surface area contributed by atoms with Crippen LogP contribution in [0.25, 0.3) is 61.5 Å². The number of rotatable bonds is 11.